The fourth-order valence-corrected chi connectivity index (χ4v) is 3.29. The molecule has 0 fully saturated rings. The second kappa shape index (κ2) is 5.66. The summed E-state index contributed by atoms with van der Waals surface area (Å²) >= 11 is 2.81. The van der Waals surface area contributed by atoms with E-state index in [9.17, 15) is 9.59 Å². The molecular formula is C13H9N3O3S2. The summed E-state index contributed by atoms with van der Waals surface area (Å²) < 4.78 is 1.49. The van der Waals surface area contributed by atoms with Gasteiger partial charge >= 0.3 is 5.97 Å². The molecule has 3 rings (SSSR count). The van der Waals surface area contributed by atoms with E-state index in [1.54, 1.807) is 12.3 Å². The van der Waals surface area contributed by atoms with Crippen molar-refractivity contribution in [3.63, 3.8) is 0 Å². The lowest BCUT2D eigenvalue weighted by Crippen LogP contribution is -2.12. The molecule has 6 nitrogen and oxygen atoms in total. The van der Waals surface area contributed by atoms with Gasteiger partial charge < -0.3 is 5.11 Å². The number of carboxylic acid groups (broad SMARTS) is 1. The van der Waals surface area contributed by atoms with Crippen molar-refractivity contribution in [3.05, 3.63) is 57.7 Å². The van der Waals surface area contributed by atoms with Crippen molar-refractivity contribution in [3.8, 4) is 0 Å². The zero-order chi connectivity index (χ0) is 14.8. The molecule has 3 heterocycles. The van der Waals surface area contributed by atoms with Gasteiger partial charge in [-0.05, 0) is 12.1 Å². The van der Waals surface area contributed by atoms with Crippen molar-refractivity contribution in [2.24, 2.45) is 0 Å². The van der Waals surface area contributed by atoms with Crippen LogP contribution in [0.15, 0.2) is 45.7 Å². The van der Waals surface area contributed by atoms with Crippen LogP contribution in [0.2, 0.25) is 0 Å². The van der Waals surface area contributed by atoms with Crippen molar-refractivity contribution in [1.29, 1.82) is 0 Å². The van der Waals surface area contributed by atoms with Crippen LogP contribution in [-0.2, 0) is 5.75 Å². The van der Waals surface area contributed by atoms with E-state index in [0.717, 1.165) is 4.90 Å². The molecule has 21 heavy (non-hydrogen) atoms. The number of aromatic carboxylic acids is 1. The van der Waals surface area contributed by atoms with E-state index >= 15 is 0 Å². The first-order valence-electron chi connectivity index (χ1n) is 5.91. The van der Waals surface area contributed by atoms with Crippen LogP contribution in [0.5, 0.6) is 0 Å². The Labute approximate surface area is 127 Å². The molecule has 106 valence electrons. The number of carbonyl (C=O) groups is 1. The highest BCUT2D eigenvalue weighted by Crippen LogP contribution is 2.22. The van der Waals surface area contributed by atoms with Gasteiger partial charge in [0.1, 0.15) is 5.69 Å². The Morgan fingerprint density at radius 1 is 1.43 bits per heavy atom. The van der Waals surface area contributed by atoms with E-state index in [4.69, 9.17) is 5.11 Å². The van der Waals surface area contributed by atoms with E-state index in [-0.39, 0.29) is 11.3 Å². The molecule has 0 saturated heterocycles. The van der Waals surface area contributed by atoms with Crippen LogP contribution in [0, 0.1) is 0 Å². The van der Waals surface area contributed by atoms with Crippen LogP contribution < -0.4 is 5.56 Å². The minimum absolute atomic E-state index is 0.00161. The van der Waals surface area contributed by atoms with Crippen LogP contribution in [-0.4, -0.2) is 25.4 Å². The second-order valence-electron chi connectivity index (χ2n) is 4.11. The maximum absolute atomic E-state index is 11.8. The fourth-order valence-electron chi connectivity index (χ4n) is 1.74. The highest BCUT2D eigenvalue weighted by atomic mass is 32.2. The largest absolute Gasteiger partial charge is 0.477 e. The number of hydrogen-bond acceptors (Lipinski definition) is 6. The molecule has 3 aromatic heterocycles. The predicted molar refractivity (Wildman–Crippen MR) is 80.1 cm³/mol. The number of thioether (sulfide) groups is 1. The van der Waals surface area contributed by atoms with Crippen LogP contribution in [0.3, 0.4) is 0 Å². The minimum atomic E-state index is -1.06. The molecule has 0 aromatic carbocycles. The molecule has 0 bridgehead atoms. The van der Waals surface area contributed by atoms with Crippen molar-refractivity contribution in [2.45, 2.75) is 10.6 Å². The van der Waals surface area contributed by atoms with E-state index in [1.807, 2.05) is 5.38 Å². The van der Waals surface area contributed by atoms with Crippen LogP contribution in [0.1, 0.15) is 16.2 Å². The number of pyridine rings is 1. The maximum atomic E-state index is 11.8. The van der Waals surface area contributed by atoms with Crippen molar-refractivity contribution >= 4 is 34.0 Å². The van der Waals surface area contributed by atoms with Crippen molar-refractivity contribution in [2.75, 3.05) is 0 Å². The highest BCUT2D eigenvalue weighted by Gasteiger charge is 2.07. The standard InChI is InChI=1S/C13H9N3O3S2/c17-11-5-8(15-13-16(11)3-4-20-13)7-21-9-1-2-14-10(6-9)12(18)19/h1-6H,7H2,(H,18,19). The zero-order valence-corrected chi connectivity index (χ0v) is 12.2. The lowest BCUT2D eigenvalue weighted by atomic mass is 10.3. The molecule has 0 saturated carbocycles. The summed E-state index contributed by atoms with van der Waals surface area (Å²) in [5.74, 6) is -0.569. The Hall–Kier alpha value is -2.19. The molecule has 0 amide bonds. The highest BCUT2D eigenvalue weighted by molar-refractivity contribution is 7.98. The van der Waals surface area contributed by atoms with E-state index < -0.39 is 5.97 Å². The third-order valence-corrected chi connectivity index (χ3v) is 4.48. The number of aromatic nitrogens is 3. The Balaban J connectivity index is 1.81. The lowest BCUT2D eigenvalue weighted by Gasteiger charge is -2.02. The molecule has 0 spiro atoms. The van der Waals surface area contributed by atoms with Gasteiger partial charge in [0.05, 0.1) is 5.69 Å². The summed E-state index contributed by atoms with van der Waals surface area (Å²) in [6.45, 7) is 0. The molecule has 0 unspecified atom stereocenters. The van der Waals surface area contributed by atoms with Gasteiger partial charge in [-0.3, -0.25) is 9.20 Å². The molecule has 0 aliphatic carbocycles. The van der Waals surface area contributed by atoms with Crippen LogP contribution in [0.25, 0.3) is 4.96 Å². The van der Waals surface area contributed by atoms with Gasteiger partial charge in [0.2, 0.25) is 0 Å². The topological polar surface area (TPSA) is 84.6 Å². The van der Waals surface area contributed by atoms with Gasteiger partial charge in [-0.25, -0.2) is 14.8 Å². The number of carboxylic acids is 1. The number of rotatable bonds is 4. The Bertz CT molecular complexity index is 872. The third-order valence-electron chi connectivity index (χ3n) is 2.69. The smallest absolute Gasteiger partial charge is 0.354 e. The molecular weight excluding hydrogens is 310 g/mol. The summed E-state index contributed by atoms with van der Waals surface area (Å²) in [6.07, 6.45) is 3.14. The summed E-state index contributed by atoms with van der Waals surface area (Å²) in [7, 11) is 0. The second-order valence-corrected chi connectivity index (χ2v) is 6.03. The summed E-state index contributed by atoms with van der Waals surface area (Å²) in [4.78, 5) is 32.3. The lowest BCUT2D eigenvalue weighted by molar-refractivity contribution is 0.0690. The molecule has 0 aliphatic rings. The number of fused-ring (bicyclic) bond motifs is 1. The predicted octanol–water partition coefficient (Wildman–Crippen LogP) is 2.14. The third kappa shape index (κ3) is 2.96. The van der Waals surface area contributed by atoms with Gasteiger partial charge in [0.15, 0.2) is 4.96 Å². The van der Waals surface area contributed by atoms with Crippen LogP contribution >= 0.6 is 23.1 Å². The first kappa shape index (κ1) is 13.8. The molecule has 0 atom stereocenters. The van der Waals surface area contributed by atoms with Gasteiger partial charge in [-0.1, -0.05) is 0 Å². The van der Waals surface area contributed by atoms with Gasteiger partial charge in [0, 0.05) is 34.5 Å². The summed E-state index contributed by atoms with van der Waals surface area (Å²) in [5.41, 5.74) is 0.556. The minimum Gasteiger partial charge on any atom is -0.477 e. The van der Waals surface area contributed by atoms with E-state index in [2.05, 4.69) is 9.97 Å². The van der Waals surface area contributed by atoms with Crippen LogP contribution in [0.4, 0.5) is 0 Å². The van der Waals surface area contributed by atoms with Crippen molar-refractivity contribution in [1.82, 2.24) is 14.4 Å². The quantitative estimate of drug-likeness (QED) is 0.742. The summed E-state index contributed by atoms with van der Waals surface area (Å²) in [5, 5.41) is 10.7. The Morgan fingerprint density at radius 2 is 2.29 bits per heavy atom. The molecule has 3 aromatic rings. The summed E-state index contributed by atoms with van der Waals surface area (Å²) in [6, 6.07) is 4.73. The first-order chi connectivity index (χ1) is 10.1. The average molecular weight is 319 g/mol. The SMILES string of the molecule is O=C(O)c1cc(SCc2cc(=O)n3ccsc3n2)ccn1. The molecule has 0 aliphatic heterocycles. The van der Waals surface area contributed by atoms with E-state index in [1.165, 1.54) is 45.8 Å². The Kier molecular flexibility index (Phi) is 3.72. The molecule has 8 heteroatoms. The maximum Gasteiger partial charge on any atom is 0.354 e. The average Bonchev–Trinajstić information content (AvgIpc) is 2.94. The fraction of sp³-hybridized carbons (Fsp3) is 0.0769. The monoisotopic (exact) mass is 319 g/mol. The van der Waals surface area contributed by atoms with Gasteiger partial charge in [-0.15, -0.1) is 23.1 Å². The number of hydrogen-bond donors (Lipinski definition) is 1. The Morgan fingerprint density at radius 3 is 3.10 bits per heavy atom. The molecule has 0 radical (unpaired) electrons. The number of thiazole rings is 1. The van der Waals surface area contributed by atoms with Gasteiger partial charge in [-0.2, -0.15) is 0 Å². The van der Waals surface area contributed by atoms with Gasteiger partial charge in [0.25, 0.3) is 5.56 Å². The zero-order valence-electron chi connectivity index (χ0n) is 10.6. The molecule has 1 N–H and O–H groups in total. The normalized spacial score (nSPS) is 10.9. The van der Waals surface area contributed by atoms with Crippen molar-refractivity contribution < 1.29 is 9.90 Å². The first-order valence-corrected chi connectivity index (χ1v) is 7.78. The number of nitrogens with zero attached hydrogens (tertiary/aromatic N) is 3. The van der Waals surface area contributed by atoms with E-state index in [0.29, 0.717) is 16.4 Å².